The van der Waals surface area contributed by atoms with Gasteiger partial charge in [0.25, 0.3) is 5.91 Å². The Kier molecular flexibility index (Phi) is 7.40. The highest BCUT2D eigenvalue weighted by atomic mass is 35.5. The van der Waals surface area contributed by atoms with Crippen LogP contribution >= 0.6 is 11.6 Å². The molecule has 0 heterocycles. The van der Waals surface area contributed by atoms with Crippen LogP contribution in [0.5, 0.6) is 0 Å². The van der Waals surface area contributed by atoms with Gasteiger partial charge in [-0.15, -0.1) is 0 Å². The van der Waals surface area contributed by atoms with E-state index in [0.717, 1.165) is 18.1 Å². The number of hydrogen-bond acceptors (Lipinski definition) is 5. The number of carbonyl (C=O) groups excluding carboxylic acids is 2. The van der Waals surface area contributed by atoms with Crippen molar-refractivity contribution in [2.45, 2.75) is 44.1 Å². The molecule has 2 unspecified atom stereocenters. The summed E-state index contributed by atoms with van der Waals surface area (Å²) >= 11 is 5.97. The van der Waals surface area contributed by atoms with Crippen molar-refractivity contribution >= 4 is 39.2 Å². The molecule has 0 saturated heterocycles. The Hall–Kier alpha value is -2.42. The van der Waals surface area contributed by atoms with Gasteiger partial charge in [-0.3, -0.25) is 4.79 Å². The van der Waals surface area contributed by atoms with Crippen molar-refractivity contribution in [1.29, 1.82) is 0 Å². The zero-order valence-corrected chi connectivity index (χ0v) is 17.9. The fraction of sp³-hybridized carbons (Fsp3) is 0.300. The number of sulfonamides is 1. The molecule has 0 aliphatic heterocycles. The van der Waals surface area contributed by atoms with Crippen LogP contribution in [0.3, 0.4) is 0 Å². The molecule has 0 aliphatic carbocycles. The predicted molar refractivity (Wildman–Crippen MR) is 111 cm³/mol. The quantitative estimate of drug-likeness (QED) is 0.639. The van der Waals surface area contributed by atoms with Crippen LogP contribution in [-0.4, -0.2) is 26.4 Å². The maximum Gasteiger partial charge on any atom is 0.340 e. The maximum absolute atomic E-state index is 12.5. The first-order valence-electron chi connectivity index (χ1n) is 8.97. The molecule has 9 heteroatoms. The average molecular weight is 439 g/mol. The van der Waals surface area contributed by atoms with Gasteiger partial charge in [-0.2, -0.15) is 0 Å². The largest absolute Gasteiger partial charge is 0.449 e. The summed E-state index contributed by atoms with van der Waals surface area (Å²) in [6, 6.07) is 10.8. The van der Waals surface area contributed by atoms with Gasteiger partial charge in [-0.25, -0.2) is 18.4 Å². The number of nitrogens with one attached hydrogen (secondary N) is 1. The lowest BCUT2D eigenvalue weighted by Gasteiger charge is -2.18. The Morgan fingerprint density at radius 1 is 1.17 bits per heavy atom. The second-order valence-electron chi connectivity index (χ2n) is 6.62. The molecule has 2 rings (SSSR count). The van der Waals surface area contributed by atoms with E-state index in [1.807, 2.05) is 19.1 Å². The molecule has 2 aromatic carbocycles. The van der Waals surface area contributed by atoms with Gasteiger partial charge in [0.15, 0.2) is 6.10 Å². The van der Waals surface area contributed by atoms with Gasteiger partial charge < -0.3 is 10.1 Å². The van der Waals surface area contributed by atoms with E-state index in [1.54, 1.807) is 12.1 Å². The van der Waals surface area contributed by atoms with Crippen LogP contribution in [0.2, 0.25) is 5.02 Å². The molecule has 0 aliphatic rings. The molecule has 0 aromatic heterocycles. The van der Waals surface area contributed by atoms with E-state index >= 15 is 0 Å². The highest BCUT2D eigenvalue weighted by Gasteiger charge is 2.23. The Bertz CT molecular complexity index is 1020. The maximum atomic E-state index is 12.5. The van der Waals surface area contributed by atoms with Crippen LogP contribution in [0.4, 0.5) is 5.69 Å². The van der Waals surface area contributed by atoms with Crippen LogP contribution in [0.25, 0.3) is 0 Å². The summed E-state index contributed by atoms with van der Waals surface area (Å²) in [7, 11) is -4.02. The van der Waals surface area contributed by atoms with Gasteiger partial charge in [0.1, 0.15) is 0 Å². The molecule has 0 radical (unpaired) electrons. The van der Waals surface area contributed by atoms with Crippen molar-refractivity contribution in [3.8, 4) is 0 Å². The van der Waals surface area contributed by atoms with Crippen LogP contribution in [0.1, 0.15) is 49.0 Å². The molecule has 7 nitrogen and oxygen atoms in total. The summed E-state index contributed by atoms with van der Waals surface area (Å²) < 4.78 is 28.1. The topological polar surface area (TPSA) is 116 Å². The first-order valence-corrected chi connectivity index (χ1v) is 10.9. The van der Waals surface area contributed by atoms with Gasteiger partial charge >= 0.3 is 5.97 Å². The smallest absolute Gasteiger partial charge is 0.340 e. The number of esters is 1. The standard InChI is InChI=1S/C20H23ClN2O5S/c1-4-12(2)15-7-5-6-8-18(15)23-19(24)13(3)28-20(25)16-11-14(29(22,26)27)9-10-17(16)21/h5-13H,4H2,1-3H3,(H,23,24)(H2,22,26,27). The molecule has 2 aromatic rings. The molecule has 29 heavy (non-hydrogen) atoms. The van der Waals surface area contributed by atoms with E-state index < -0.39 is 28.0 Å². The Morgan fingerprint density at radius 3 is 2.45 bits per heavy atom. The summed E-state index contributed by atoms with van der Waals surface area (Å²) in [5, 5.41) is 7.83. The summed E-state index contributed by atoms with van der Waals surface area (Å²) in [6.07, 6.45) is -0.238. The zero-order chi connectivity index (χ0) is 21.8. The number of halogens is 1. The first kappa shape index (κ1) is 22.9. The minimum atomic E-state index is -4.02. The normalized spacial score (nSPS) is 13.4. The van der Waals surface area contributed by atoms with E-state index in [4.69, 9.17) is 21.5 Å². The predicted octanol–water partition coefficient (Wildman–Crippen LogP) is 3.68. The highest BCUT2D eigenvalue weighted by molar-refractivity contribution is 7.89. The van der Waals surface area contributed by atoms with Crippen molar-refractivity contribution in [3.63, 3.8) is 0 Å². The average Bonchev–Trinajstić information content (AvgIpc) is 2.67. The molecule has 0 spiro atoms. The SMILES string of the molecule is CCC(C)c1ccccc1NC(=O)C(C)OC(=O)c1cc(S(N)(=O)=O)ccc1Cl. The fourth-order valence-corrected chi connectivity index (χ4v) is 3.34. The lowest BCUT2D eigenvalue weighted by Crippen LogP contribution is -2.30. The number of anilines is 1. The summed E-state index contributed by atoms with van der Waals surface area (Å²) in [6.45, 7) is 5.51. The van der Waals surface area contributed by atoms with Crippen LogP contribution < -0.4 is 10.5 Å². The van der Waals surface area contributed by atoms with E-state index in [2.05, 4.69) is 12.2 Å². The zero-order valence-electron chi connectivity index (χ0n) is 16.3. The highest BCUT2D eigenvalue weighted by Crippen LogP contribution is 2.27. The molecule has 156 valence electrons. The molecule has 0 saturated carbocycles. The van der Waals surface area contributed by atoms with Crippen molar-refractivity contribution in [2.24, 2.45) is 5.14 Å². The number of amides is 1. The number of ether oxygens (including phenoxy) is 1. The van der Waals surface area contributed by atoms with Crippen LogP contribution in [-0.2, 0) is 19.6 Å². The fourth-order valence-electron chi connectivity index (χ4n) is 2.61. The molecule has 2 atom stereocenters. The van der Waals surface area contributed by atoms with Crippen molar-refractivity contribution in [3.05, 3.63) is 58.6 Å². The van der Waals surface area contributed by atoms with Gasteiger partial charge in [0.2, 0.25) is 10.0 Å². The van der Waals surface area contributed by atoms with E-state index in [1.165, 1.54) is 19.1 Å². The molecular formula is C20H23ClN2O5S. The van der Waals surface area contributed by atoms with Gasteiger partial charge in [0.05, 0.1) is 15.5 Å². The lowest BCUT2D eigenvalue weighted by atomic mass is 9.97. The summed E-state index contributed by atoms with van der Waals surface area (Å²) in [5.74, 6) is -1.21. The van der Waals surface area contributed by atoms with E-state index in [9.17, 15) is 18.0 Å². The second-order valence-corrected chi connectivity index (χ2v) is 8.59. The third-order valence-corrected chi connectivity index (χ3v) is 5.74. The number of benzene rings is 2. The third kappa shape index (κ3) is 5.79. The number of nitrogens with two attached hydrogens (primary N) is 1. The van der Waals surface area contributed by atoms with Gasteiger partial charge in [-0.1, -0.05) is 43.6 Å². The van der Waals surface area contributed by atoms with Crippen LogP contribution in [0, 0.1) is 0 Å². The molecule has 0 bridgehead atoms. The molecule has 1 amide bonds. The van der Waals surface area contributed by atoms with Gasteiger partial charge in [0, 0.05) is 5.69 Å². The Labute approximate surface area is 175 Å². The monoisotopic (exact) mass is 438 g/mol. The minimum Gasteiger partial charge on any atom is -0.449 e. The molecule has 3 N–H and O–H groups in total. The molecular weight excluding hydrogens is 416 g/mol. The number of hydrogen-bond donors (Lipinski definition) is 2. The van der Waals surface area contributed by atoms with Gasteiger partial charge in [-0.05, 0) is 49.1 Å². The summed E-state index contributed by atoms with van der Waals surface area (Å²) in [4.78, 5) is 24.6. The molecule has 0 fully saturated rings. The van der Waals surface area contributed by atoms with Crippen molar-refractivity contribution in [2.75, 3.05) is 5.32 Å². The number of rotatable bonds is 7. The lowest BCUT2D eigenvalue weighted by molar-refractivity contribution is -0.123. The van der Waals surface area contributed by atoms with Crippen molar-refractivity contribution < 1.29 is 22.7 Å². The van der Waals surface area contributed by atoms with Crippen molar-refractivity contribution in [1.82, 2.24) is 0 Å². The second kappa shape index (κ2) is 9.39. The van der Waals surface area contributed by atoms with E-state index in [-0.39, 0.29) is 21.4 Å². The number of para-hydroxylation sites is 1. The summed E-state index contributed by atoms with van der Waals surface area (Å²) in [5.41, 5.74) is 1.42. The Balaban J connectivity index is 2.16. The third-order valence-electron chi connectivity index (χ3n) is 4.50. The number of primary sulfonamides is 1. The van der Waals surface area contributed by atoms with Crippen LogP contribution in [0.15, 0.2) is 47.4 Å². The number of carbonyl (C=O) groups is 2. The minimum absolute atomic E-state index is 0.0166. The Morgan fingerprint density at radius 2 is 1.83 bits per heavy atom. The first-order chi connectivity index (χ1) is 13.5. The van der Waals surface area contributed by atoms with E-state index in [0.29, 0.717) is 5.69 Å².